The van der Waals surface area contributed by atoms with E-state index in [2.05, 4.69) is 72.6 Å². The fourth-order valence-electron chi connectivity index (χ4n) is 3.40. The third kappa shape index (κ3) is 4.55. The lowest BCUT2D eigenvalue weighted by Crippen LogP contribution is -2.14. The van der Waals surface area contributed by atoms with Gasteiger partial charge in [-0.05, 0) is 70.7 Å². The summed E-state index contributed by atoms with van der Waals surface area (Å²) < 4.78 is 1.43. The lowest BCUT2D eigenvalue weighted by molar-refractivity contribution is 0.302. The molecule has 0 atom stereocenters. The number of rotatable bonds is 1. The normalized spacial score (nSPS) is 15.8. The summed E-state index contributed by atoms with van der Waals surface area (Å²) in [6, 6.07) is 9.14. The van der Waals surface area contributed by atoms with Crippen molar-refractivity contribution in [3.05, 3.63) is 56.6 Å². The molecule has 140 valence electrons. The Morgan fingerprint density at radius 3 is 2.23 bits per heavy atom. The molecule has 0 saturated carbocycles. The van der Waals surface area contributed by atoms with Crippen LogP contribution in [0.5, 0.6) is 0 Å². The third-order valence-electron chi connectivity index (χ3n) is 4.70. The standard InChI is InChI=1S/C11H11NS.C8H11NS.C3H8/c1-12-6-9-4-8-2-3-13-11(8)5-10(9)7-12;1-2-9-5-7-3-4-10-8(7)6-9;1-3-2/h2-5H,6-7H2,1H3;3-4H,2,5-6H2,1H3;3H2,1-2H3. The molecule has 4 heterocycles. The fourth-order valence-corrected chi connectivity index (χ4v) is 5.17. The molecule has 0 spiro atoms. The monoisotopic (exact) mass is 386 g/mol. The van der Waals surface area contributed by atoms with Crippen LogP contribution >= 0.6 is 22.7 Å². The molecule has 2 nitrogen and oxygen atoms in total. The summed E-state index contributed by atoms with van der Waals surface area (Å²) in [5.41, 5.74) is 4.57. The summed E-state index contributed by atoms with van der Waals surface area (Å²) in [6.07, 6.45) is 1.25. The second kappa shape index (κ2) is 9.14. The van der Waals surface area contributed by atoms with Crippen LogP contribution in [0.25, 0.3) is 10.1 Å². The van der Waals surface area contributed by atoms with Crippen molar-refractivity contribution in [3.63, 3.8) is 0 Å². The van der Waals surface area contributed by atoms with Crippen LogP contribution in [0.1, 0.15) is 48.8 Å². The minimum atomic E-state index is 1.11. The van der Waals surface area contributed by atoms with Gasteiger partial charge in [0.1, 0.15) is 0 Å². The van der Waals surface area contributed by atoms with Gasteiger partial charge in [-0.25, -0.2) is 0 Å². The lowest BCUT2D eigenvalue weighted by atomic mass is 10.1. The van der Waals surface area contributed by atoms with Crippen molar-refractivity contribution in [2.24, 2.45) is 0 Å². The van der Waals surface area contributed by atoms with Crippen LogP contribution in [0.4, 0.5) is 0 Å². The molecule has 2 aromatic heterocycles. The first-order chi connectivity index (χ1) is 12.6. The second-order valence-electron chi connectivity index (χ2n) is 7.13. The molecular formula is C22H30N2S2. The summed E-state index contributed by atoms with van der Waals surface area (Å²) >= 11 is 3.73. The molecule has 2 aliphatic rings. The Labute approximate surface area is 166 Å². The zero-order valence-electron chi connectivity index (χ0n) is 16.4. The van der Waals surface area contributed by atoms with Crippen LogP contribution in [-0.2, 0) is 26.2 Å². The van der Waals surface area contributed by atoms with E-state index in [4.69, 9.17) is 0 Å². The van der Waals surface area contributed by atoms with Crippen LogP contribution in [0.3, 0.4) is 0 Å². The number of hydrogen-bond donors (Lipinski definition) is 0. The van der Waals surface area contributed by atoms with Gasteiger partial charge in [0.2, 0.25) is 0 Å². The van der Waals surface area contributed by atoms with Crippen molar-refractivity contribution in [2.45, 2.75) is 53.4 Å². The first kappa shape index (κ1) is 19.6. The molecule has 4 heteroatoms. The molecule has 1 aromatic carbocycles. The summed E-state index contributed by atoms with van der Waals surface area (Å²) in [5.74, 6) is 0. The maximum absolute atomic E-state index is 2.46. The number of benzene rings is 1. The van der Waals surface area contributed by atoms with Crippen LogP contribution < -0.4 is 0 Å². The number of thiophene rings is 2. The first-order valence-electron chi connectivity index (χ1n) is 9.59. The lowest BCUT2D eigenvalue weighted by Gasteiger charge is -2.09. The summed E-state index contributed by atoms with van der Waals surface area (Å²) in [5, 5.41) is 5.76. The van der Waals surface area contributed by atoms with Crippen molar-refractivity contribution >= 4 is 32.8 Å². The predicted octanol–water partition coefficient (Wildman–Crippen LogP) is 6.35. The predicted molar refractivity (Wildman–Crippen MR) is 117 cm³/mol. The molecule has 3 aromatic rings. The highest BCUT2D eigenvalue weighted by molar-refractivity contribution is 7.17. The van der Waals surface area contributed by atoms with Gasteiger partial charge < -0.3 is 0 Å². The highest BCUT2D eigenvalue weighted by Gasteiger charge is 2.17. The van der Waals surface area contributed by atoms with E-state index in [0.29, 0.717) is 0 Å². The second-order valence-corrected chi connectivity index (χ2v) is 9.08. The topological polar surface area (TPSA) is 6.48 Å². The van der Waals surface area contributed by atoms with E-state index in [9.17, 15) is 0 Å². The average Bonchev–Trinajstić information content (AvgIpc) is 3.35. The smallest absolute Gasteiger partial charge is 0.0346 e. The largest absolute Gasteiger partial charge is 0.298 e. The van der Waals surface area contributed by atoms with Crippen LogP contribution in [0.2, 0.25) is 0 Å². The first-order valence-corrected chi connectivity index (χ1v) is 11.4. The van der Waals surface area contributed by atoms with E-state index >= 15 is 0 Å². The quantitative estimate of drug-likeness (QED) is 0.481. The average molecular weight is 387 g/mol. The van der Waals surface area contributed by atoms with E-state index in [1.807, 2.05) is 22.7 Å². The minimum absolute atomic E-state index is 1.11. The Balaban J connectivity index is 0.000000135. The van der Waals surface area contributed by atoms with Crippen LogP contribution in [0, 0.1) is 0 Å². The molecule has 0 amide bonds. The Kier molecular flexibility index (Phi) is 6.87. The molecule has 0 bridgehead atoms. The van der Waals surface area contributed by atoms with Gasteiger partial charge in [0.15, 0.2) is 0 Å². The Morgan fingerprint density at radius 2 is 1.54 bits per heavy atom. The Bertz CT molecular complexity index is 773. The number of hydrogen-bond acceptors (Lipinski definition) is 4. The van der Waals surface area contributed by atoms with Gasteiger partial charge >= 0.3 is 0 Å². The molecule has 0 radical (unpaired) electrons. The van der Waals surface area contributed by atoms with Crippen molar-refractivity contribution in [1.82, 2.24) is 9.80 Å². The molecule has 0 saturated heterocycles. The van der Waals surface area contributed by atoms with Crippen LogP contribution in [0.15, 0.2) is 35.0 Å². The molecular weight excluding hydrogens is 356 g/mol. The highest BCUT2D eigenvalue weighted by atomic mass is 32.1. The summed E-state index contributed by atoms with van der Waals surface area (Å²) in [4.78, 5) is 6.39. The Hall–Kier alpha value is -1.20. The van der Waals surface area contributed by atoms with Crippen molar-refractivity contribution in [1.29, 1.82) is 0 Å². The zero-order valence-corrected chi connectivity index (χ0v) is 18.1. The van der Waals surface area contributed by atoms with E-state index < -0.39 is 0 Å². The van der Waals surface area contributed by atoms with E-state index in [1.165, 1.54) is 47.3 Å². The molecule has 5 rings (SSSR count). The molecule has 0 unspecified atom stereocenters. The minimum Gasteiger partial charge on any atom is -0.298 e. The van der Waals surface area contributed by atoms with Gasteiger partial charge in [-0.15, -0.1) is 22.7 Å². The van der Waals surface area contributed by atoms with Gasteiger partial charge in [-0.2, -0.15) is 0 Å². The van der Waals surface area contributed by atoms with E-state index in [-0.39, 0.29) is 0 Å². The van der Waals surface area contributed by atoms with Crippen molar-refractivity contribution in [2.75, 3.05) is 13.6 Å². The van der Waals surface area contributed by atoms with Crippen LogP contribution in [-0.4, -0.2) is 23.4 Å². The highest BCUT2D eigenvalue weighted by Crippen LogP contribution is 2.29. The Morgan fingerprint density at radius 1 is 0.846 bits per heavy atom. The summed E-state index contributed by atoms with van der Waals surface area (Å²) in [6.45, 7) is 12.2. The maximum Gasteiger partial charge on any atom is 0.0346 e. The van der Waals surface area contributed by atoms with Crippen molar-refractivity contribution < 1.29 is 0 Å². The zero-order chi connectivity index (χ0) is 18.5. The third-order valence-corrected chi connectivity index (χ3v) is 6.53. The van der Waals surface area contributed by atoms with Gasteiger partial charge in [0, 0.05) is 35.8 Å². The van der Waals surface area contributed by atoms with Gasteiger partial charge in [-0.3, -0.25) is 9.80 Å². The maximum atomic E-state index is 2.46. The molecule has 0 N–H and O–H groups in total. The molecule has 2 aliphatic heterocycles. The van der Waals surface area contributed by atoms with Gasteiger partial charge in [0.25, 0.3) is 0 Å². The molecule has 0 aliphatic carbocycles. The number of nitrogens with zero attached hydrogens (tertiary/aromatic N) is 2. The number of fused-ring (bicyclic) bond motifs is 3. The molecule has 0 fully saturated rings. The van der Waals surface area contributed by atoms with Crippen molar-refractivity contribution in [3.8, 4) is 0 Å². The van der Waals surface area contributed by atoms with Gasteiger partial charge in [0.05, 0.1) is 0 Å². The fraction of sp³-hybridized carbons (Fsp3) is 0.455. The van der Waals surface area contributed by atoms with E-state index in [1.54, 1.807) is 10.4 Å². The SMILES string of the molecule is CCC.CCN1Cc2ccsc2C1.CN1Cc2cc3ccsc3cc2C1. The summed E-state index contributed by atoms with van der Waals surface area (Å²) in [7, 11) is 2.17. The van der Waals surface area contributed by atoms with E-state index in [0.717, 1.165) is 13.1 Å². The van der Waals surface area contributed by atoms with Gasteiger partial charge in [-0.1, -0.05) is 27.2 Å². The molecule has 26 heavy (non-hydrogen) atoms.